The maximum Gasteiger partial charge on any atom is 0.232 e. The lowest BCUT2D eigenvalue weighted by atomic mass is 10.2. The maximum absolute atomic E-state index is 11.8. The van der Waals surface area contributed by atoms with Crippen molar-refractivity contribution in [2.24, 2.45) is 0 Å². The van der Waals surface area contributed by atoms with E-state index >= 15 is 0 Å². The zero-order chi connectivity index (χ0) is 11.1. The van der Waals surface area contributed by atoms with Gasteiger partial charge in [-0.1, -0.05) is 19.8 Å². The Morgan fingerprint density at radius 3 is 2.47 bits per heavy atom. The van der Waals surface area contributed by atoms with Gasteiger partial charge < -0.3 is 10.0 Å². The molecule has 3 nitrogen and oxygen atoms in total. The summed E-state index contributed by atoms with van der Waals surface area (Å²) in [5.41, 5.74) is 0. The van der Waals surface area contributed by atoms with Crippen LogP contribution in [0.2, 0.25) is 0 Å². The molecule has 0 aromatic heterocycles. The summed E-state index contributed by atoms with van der Waals surface area (Å²) in [5, 5.41) is 9.02. The third kappa shape index (κ3) is 4.89. The zero-order valence-electron chi connectivity index (χ0n) is 9.45. The highest BCUT2D eigenvalue weighted by Crippen LogP contribution is 2.14. The van der Waals surface area contributed by atoms with Crippen molar-refractivity contribution in [1.82, 2.24) is 4.90 Å². The van der Waals surface area contributed by atoms with Crippen molar-refractivity contribution in [3.8, 4) is 0 Å². The molecule has 1 aliphatic rings. The van der Waals surface area contributed by atoms with E-state index in [1.165, 1.54) is 12.8 Å². The van der Waals surface area contributed by atoms with Gasteiger partial charge in [-0.3, -0.25) is 4.79 Å². The van der Waals surface area contributed by atoms with Crippen LogP contribution in [0.15, 0.2) is 0 Å². The lowest BCUT2D eigenvalue weighted by Gasteiger charge is -2.20. The fourth-order valence-electron chi connectivity index (χ4n) is 1.68. The van der Waals surface area contributed by atoms with Crippen molar-refractivity contribution in [3.05, 3.63) is 0 Å². The summed E-state index contributed by atoms with van der Waals surface area (Å²) >= 11 is 1.54. The smallest absolute Gasteiger partial charge is 0.232 e. The number of rotatable bonds is 4. The first-order chi connectivity index (χ1) is 7.24. The van der Waals surface area contributed by atoms with E-state index in [2.05, 4.69) is 0 Å². The Bertz CT molecular complexity index is 191. The number of thioether (sulfide) groups is 1. The molecule has 1 heterocycles. The summed E-state index contributed by atoms with van der Waals surface area (Å²) in [6.07, 6.45) is 4.80. The van der Waals surface area contributed by atoms with Gasteiger partial charge in [0.25, 0.3) is 0 Å². The molecule has 15 heavy (non-hydrogen) atoms. The monoisotopic (exact) mass is 231 g/mol. The number of carbonyl (C=O) groups is 1. The summed E-state index contributed by atoms with van der Waals surface area (Å²) in [4.78, 5) is 13.8. The van der Waals surface area contributed by atoms with Crippen LogP contribution >= 0.6 is 11.8 Å². The number of carbonyl (C=O) groups excluding carboxylic acids is 1. The van der Waals surface area contributed by atoms with Gasteiger partial charge in [0.1, 0.15) is 0 Å². The van der Waals surface area contributed by atoms with E-state index in [0.29, 0.717) is 5.75 Å². The lowest BCUT2D eigenvalue weighted by Crippen LogP contribution is -2.33. The first kappa shape index (κ1) is 12.8. The molecule has 88 valence electrons. The van der Waals surface area contributed by atoms with Gasteiger partial charge in [0.2, 0.25) is 5.91 Å². The summed E-state index contributed by atoms with van der Waals surface area (Å²) in [6.45, 7) is 3.94. The van der Waals surface area contributed by atoms with Gasteiger partial charge in [0, 0.05) is 18.3 Å². The molecule has 0 unspecified atom stereocenters. The molecular weight excluding hydrogens is 210 g/mol. The van der Waals surface area contributed by atoms with Crippen LogP contribution in [0.3, 0.4) is 0 Å². The van der Waals surface area contributed by atoms with E-state index in [1.807, 2.05) is 11.8 Å². The second kappa shape index (κ2) is 7.12. The van der Waals surface area contributed by atoms with Crippen LogP contribution in [0, 0.1) is 0 Å². The second-order valence-electron chi connectivity index (χ2n) is 4.10. The van der Waals surface area contributed by atoms with Crippen molar-refractivity contribution >= 4 is 17.7 Å². The third-order valence-electron chi connectivity index (χ3n) is 2.71. The predicted molar refractivity (Wildman–Crippen MR) is 64.1 cm³/mol. The van der Waals surface area contributed by atoms with Gasteiger partial charge in [0.05, 0.1) is 12.4 Å². The first-order valence-electron chi connectivity index (χ1n) is 5.74. The Morgan fingerprint density at radius 2 is 1.93 bits per heavy atom. The molecule has 0 saturated carbocycles. The van der Waals surface area contributed by atoms with E-state index in [4.69, 9.17) is 5.11 Å². The van der Waals surface area contributed by atoms with Crippen molar-refractivity contribution in [3.63, 3.8) is 0 Å². The second-order valence-corrected chi connectivity index (χ2v) is 5.53. The summed E-state index contributed by atoms with van der Waals surface area (Å²) in [7, 11) is 0. The SMILES string of the molecule is C[C@@H](CO)SCC(=O)N1CCCCCC1. The number of likely N-dealkylation sites (tertiary alicyclic amines) is 1. The molecule has 1 aliphatic heterocycles. The molecular formula is C11H21NO2S. The number of hydrogen-bond donors (Lipinski definition) is 1. The Labute approximate surface area is 96.2 Å². The van der Waals surface area contributed by atoms with Crippen LogP contribution < -0.4 is 0 Å². The highest BCUT2D eigenvalue weighted by Gasteiger charge is 2.16. The van der Waals surface area contributed by atoms with E-state index in [9.17, 15) is 4.79 Å². The van der Waals surface area contributed by atoms with Crippen molar-refractivity contribution in [2.45, 2.75) is 37.9 Å². The van der Waals surface area contributed by atoms with Gasteiger partial charge in [-0.15, -0.1) is 11.8 Å². The molecule has 1 saturated heterocycles. The zero-order valence-corrected chi connectivity index (χ0v) is 10.3. The summed E-state index contributed by atoms with van der Waals surface area (Å²) < 4.78 is 0. The Kier molecular flexibility index (Phi) is 6.10. The fraction of sp³-hybridized carbons (Fsp3) is 0.909. The molecule has 0 aliphatic carbocycles. The Hall–Kier alpha value is -0.220. The number of hydrogen-bond acceptors (Lipinski definition) is 3. The largest absolute Gasteiger partial charge is 0.395 e. The molecule has 1 atom stereocenters. The van der Waals surface area contributed by atoms with Gasteiger partial charge >= 0.3 is 0 Å². The van der Waals surface area contributed by atoms with Crippen molar-refractivity contribution < 1.29 is 9.90 Å². The van der Waals surface area contributed by atoms with Crippen LogP contribution in [-0.4, -0.2) is 46.6 Å². The van der Waals surface area contributed by atoms with Gasteiger partial charge in [-0.05, 0) is 12.8 Å². The highest BCUT2D eigenvalue weighted by molar-refractivity contribution is 8.00. The summed E-state index contributed by atoms with van der Waals surface area (Å²) in [6, 6.07) is 0. The minimum atomic E-state index is 0.151. The van der Waals surface area contributed by atoms with Gasteiger partial charge in [-0.2, -0.15) is 0 Å². The normalized spacial score (nSPS) is 19.7. The minimum Gasteiger partial charge on any atom is -0.395 e. The Morgan fingerprint density at radius 1 is 1.33 bits per heavy atom. The molecule has 1 N–H and O–H groups in total. The molecule has 1 fully saturated rings. The number of nitrogens with zero attached hydrogens (tertiary/aromatic N) is 1. The maximum atomic E-state index is 11.8. The molecule has 1 amide bonds. The first-order valence-corrected chi connectivity index (χ1v) is 6.79. The average Bonchev–Trinajstić information content (AvgIpc) is 2.53. The topological polar surface area (TPSA) is 40.5 Å². The molecule has 1 rings (SSSR count). The minimum absolute atomic E-state index is 0.151. The van der Waals surface area contributed by atoms with E-state index < -0.39 is 0 Å². The lowest BCUT2D eigenvalue weighted by molar-refractivity contribution is -0.128. The molecule has 0 aromatic rings. The van der Waals surface area contributed by atoms with E-state index in [1.54, 1.807) is 11.8 Å². The van der Waals surface area contributed by atoms with Gasteiger partial charge in [0.15, 0.2) is 0 Å². The number of amides is 1. The molecule has 0 spiro atoms. The number of aliphatic hydroxyl groups is 1. The molecule has 4 heteroatoms. The quantitative estimate of drug-likeness (QED) is 0.797. The molecule has 0 aromatic carbocycles. The standard InChI is InChI=1S/C11H21NO2S/c1-10(8-13)15-9-11(14)12-6-4-2-3-5-7-12/h10,13H,2-9H2,1H3/t10-/m0/s1. The van der Waals surface area contributed by atoms with E-state index in [-0.39, 0.29) is 17.8 Å². The van der Waals surface area contributed by atoms with Crippen LogP contribution in [0.5, 0.6) is 0 Å². The van der Waals surface area contributed by atoms with Crippen LogP contribution in [-0.2, 0) is 4.79 Å². The molecule has 0 bridgehead atoms. The van der Waals surface area contributed by atoms with Gasteiger partial charge in [-0.25, -0.2) is 0 Å². The van der Waals surface area contributed by atoms with Crippen LogP contribution in [0.1, 0.15) is 32.6 Å². The van der Waals surface area contributed by atoms with Crippen molar-refractivity contribution in [2.75, 3.05) is 25.4 Å². The predicted octanol–water partition coefficient (Wildman–Crippen LogP) is 1.50. The summed E-state index contributed by atoms with van der Waals surface area (Å²) in [5.74, 6) is 0.754. The fourth-order valence-corrected chi connectivity index (χ4v) is 2.39. The number of aliphatic hydroxyl groups excluding tert-OH is 1. The van der Waals surface area contributed by atoms with Crippen LogP contribution in [0.25, 0.3) is 0 Å². The van der Waals surface area contributed by atoms with Crippen LogP contribution in [0.4, 0.5) is 0 Å². The third-order valence-corrected chi connectivity index (χ3v) is 3.84. The van der Waals surface area contributed by atoms with E-state index in [0.717, 1.165) is 25.9 Å². The highest BCUT2D eigenvalue weighted by atomic mass is 32.2. The van der Waals surface area contributed by atoms with Crippen molar-refractivity contribution in [1.29, 1.82) is 0 Å². The Balaban J connectivity index is 2.25. The average molecular weight is 231 g/mol. The molecule has 0 radical (unpaired) electrons.